The lowest BCUT2D eigenvalue weighted by Crippen LogP contribution is -2.35. The summed E-state index contributed by atoms with van der Waals surface area (Å²) in [5, 5.41) is 1.13. The van der Waals surface area contributed by atoms with Gasteiger partial charge in [0, 0.05) is 36.4 Å². The van der Waals surface area contributed by atoms with Crippen LogP contribution in [0.2, 0.25) is 0 Å². The number of nitrogens with two attached hydrogens (primary N) is 1. The molecule has 25 heavy (non-hydrogen) atoms. The van der Waals surface area contributed by atoms with Gasteiger partial charge in [-0.25, -0.2) is 9.97 Å². The van der Waals surface area contributed by atoms with Crippen molar-refractivity contribution in [1.82, 2.24) is 15.0 Å². The summed E-state index contributed by atoms with van der Waals surface area (Å²) in [6.07, 6.45) is 7.20. The minimum Gasteiger partial charge on any atom is -0.341 e. The average Bonchev–Trinajstić information content (AvgIpc) is 2.68. The Bertz CT molecular complexity index is 855. The number of para-hydroxylation sites is 1. The van der Waals surface area contributed by atoms with E-state index in [0.29, 0.717) is 0 Å². The average molecular weight is 333 g/mol. The molecule has 4 rings (SSSR count). The van der Waals surface area contributed by atoms with Gasteiger partial charge in [0.15, 0.2) is 0 Å². The van der Waals surface area contributed by atoms with E-state index in [-0.39, 0.29) is 0 Å². The number of piperidine rings is 1. The summed E-state index contributed by atoms with van der Waals surface area (Å²) in [5.74, 6) is 1.56. The SMILES string of the molecule is NCCC1CCN(c2nccc(-c3cnc4ccccc4c3)n2)CC1. The van der Waals surface area contributed by atoms with Gasteiger partial charge in [0.25, 0.3) is 0 Å². The van der Waals surface area contributed by atoms with E-state index in [4.69, 9.17) is 10.7 Å². The smallest absolute Gasteiger partial charge is 0.225 e. The van der Waals surface area contributed by atoms with Gasteiger partial charge in [0.05, 0.1) is 11.2 Å². The van der Waals surface area contributed by atoms with Crippen molar-refractivity contribution in [3.8, 4) is 11.3 Å². The fourth-order valence-corrected chi connectivity index (χ4v) is 3.53. The zero-order valence-corrected chi connectivity index (χ0v) is 14.3. The molecule has 5 nitrogen and oxygen atoms in total. The normalized spacial score (nSPS) is 15.6. The van der Waals surface area contributed by atoms with Gasteiger partial charge in [0.2, 0.25) is 5.95 Å². The van der Waals surface area contributed by atoms with E-state index in [1.807, 2.05) is 36.7 Å². The van der Waals surface area contributed by atoms with Gasteiger partial charge < -0.3 is 10.6 Å². The second-order valence-corrected chi connectivity index (χ2v) is 6.67. The summed E-state index contributed by atoms with van der Waals surface area (Å²) in [6, 6.07) is 12.2. The Hall–Kier alpha value is -2.53. The summed E-state index contributed by atoms with van der Waals surface area (Å²) >= 11 is 0. The monoisotopic (exact) mass is 333 g/mol. The lowest BCUT2D eigenvalue weighted by molar-refractivity contribution is 0.384. The quantitative estimate of drug-likeness (QED) is 0.794. The highest BCUT2D eigenvalue weighted by Crippen LogP contribution is 2.25. The molecule has 3 aromatic rings. The van der Waals surface area contributed by atoms with Crippen LogP contribution in [0.5, 0.6) is 0 Å². The van der Waals surface area contributed by atoms with Gasteiger partial charge in [-0.1, -0.05) is 18.2 Å². The summed E-state index contributed by atoms with van der Waals surface area (Å²) in [5.41, 5.74) is 8.64. The number of hydrogen-bond acceptors (Lipinski definition) is 5. The highest BCUT2D eigenvalue weighted by Gasteiger charge is 2.20. The summed E-state index contributed by atoms with van der Waals surface area (Å²) < 4.78 is 0. The molecule has 1 aliphatic rings. The van der Waals surface area contributed by atoms with Crippen molar-refractivity contribution in [3.63, 3.8) is 0 Å². The predicted octanol–water partition coefficient (Wildman–Crippen LogP) is 3.26. The Kier molecular flexibility index (Phi) is 4.57. The number of anilines is 1. The van der Waals surface area contributed by atoms with Gasteiger partial charge in [-0.05, 0) is 49.9 Å². The van der Waals surface area contributed by atoms with Crippen LogP contribution in [0.4, 0.5) is 5.95 Å². The lowest BCUT2D eigenvalue weighted by Gasteiger charge is -2.31. The molecule has 3 heterocycles. The number of aromatic nitrogens is 3. The second-order valence-electron chi connectivity index (χ2n) is 6.67. The molecule has 1 fully saturated rings. The first-order valence-corrected chi connectivity index (χ1v) is 8.97. The molecule has 5 heteroatoms. The van der Waals surface area contributed by atoms with Crippen molar-refractivity contribution in [3.05, 3.63) is 48.8 Å². The van der Waals surface area contributed by atoms with Crippen LogP contribution in [0.25, 0.3) is 22.2 Å². The first-order chi connectivity index (χ1) is 12.3. The molecule has 0 unspecified atom stereocenters. The topological polar surface area (TPSA) is 67.9 Å². The van der Waals surface area contributed by atoms with Crippen molar-refractivity contribution in [2.75, 3.05) is 24.5 Å². The van der Waals surface area contributed by atoms with Gasteiger partial charge in [-0.15, -0.1) is 0 Å². The number of benzene rings is 1. The van der Waals surface area contributed by atoms with Crippen molar-refractivity contribution >= 4 is 16.9 Å². The molecule has 1 saturated heterocycles. The van der Waals surface area contributed by atoms with Crippen LogP contribution < -0.4 is 10.6 Å². The van der Waals surface area contributed by atoms with E-state index in [9.17, 15) is 0 Å². The maximum absolute atomic E-state index is 5.68. The van der Waals surface area contributed by atoms with E-state index in [1.165, 1.54) is 12.8 Å². The largest absolute Gasteiger partial charge is 0.341 e. The third-order valence-electron chi connectivity index (χ3n) is 5.00. The van der Waals surface area contributed by atoms with E-state index >= 15 is 0 Å². The molecular weight excluding hydrogens is 310 g/mol. The standard InChI is InChI=1S/C20H23N5/c21-9-5-15-7-11-25(12-8-15)20-22-10-6-19(24-20)17-13-16-3-1-2-4-18(16)23-14-17/h1-4,6,10,13-15H,5,7-9,11-12,21H2. The molecule has 2 N–H and O–H groups in total. The maximum atomic E-state index is 5.68. The van der Waals surface area contributed by atoms with Crippen LogP contribution in [-0.4, -0.2) is 34.6 Å². The molecular formula is C20H23N5. The molecule has 1 aromatic carbocycles. The molecule has 0 spiro atoms. The van der Waals surface area contributed by atoms with Crippen LogP contribution in [0.15, 0.2) is 48.8 Å². The van der Waals surface area contributed by atoms with Crippen molar-refractivity contribution < 1.29 is 0 Å². The summed E-state index contributed by atoms with van der Waals surface area (Å²) in [7, 11) is 0. The molecule has 0 radical (unpaired) electrons. The number of nitrogens with zero attached hydrogens (tertiary/aromatic N) is 4. The third kappa shape index (κ3) is 3.46. The molecule has 2 aromatic heterocycles. The molecule has 0 bridgehead atoms. The summed E-state index contributed by atoms with van der Waals surface area (Å²) in [6.45, 7) is 2.79. The first-order valence-electron chi connectivity index (χ1n) is 8.97. The fraction of sp³-hybridized carbons (Fsp3) is 0.350. The molecule has 0 atom stereocenters. The molecule has 128 valence electrons. The fourth-order valence-electron chi connectivity index (χ4n) is 3.53. The maximum Gasteiger partial charge on any atom is 0.225 e. The van der Waals surface area contributed by atoms with Crippen LogP contribution in [-0.2, 0) is 0 Å². The van der Waals surface area contributed by atoms with Gasteiger partial charge in [-0.3, -0.25) is 4.98 Å². The summed E-state index contributed by atoms with van der Waals surface area (Å²) in [4.78, 5) is 16.1. The molecule has 0 aliphatic carbocycles. The Labute approximate surface area is 147 Å². The highest BCUT2D eigenvalue weighted by atomic mass is 15.2. The van der Waals surface area contributed by atoms with Crippen LogP contribution in [0, 0.1) is 5.92 Å². The Morgan fingerprint density at radius 1 is 1.08 bits per heavy atom. The number of pyridine rings is 1. The van der Waals surface area contributed by atoms with E-state index in [2.05, 4.69) is 27.0 Å². The van der Waals surface area contributed by atoms with Crippen LogP contribution in [0.1, 0.15) is 19.3 Å². The van der Waals surface area contributed by atoms with Crippen LogP contribution in [0.3, 0.4) is 0 Å². The van der Waals surface area contributed by atoms with E-state index in [1.54, 1.807) is 0 Å². The van der Waals surface area contributed by atoms with Gasteiger partial charge in [-0.2, -0.15) is 0 Å². The predicted molar refractivity (Wildman–Crippen MR) is 101 cm³/mol. The Balaban J connectivity index is 1.56. The number of rotatable bonds is 4. The lowest BCUT2D eigenvalue weighted by atomic mass is 9.94. The van der Waals surface area contributed by atoms with E-state index < -0.39 is 0 Å². The molecule has 1 aliphatic heterocycles. The molecule has 0 saturated carbocycles. The Morgan fingerprint density at radius 2 is 1.92 bits per heavy atom. The van der Waals surface area contributed by atoms with Gasteiger partial charge in [0.1, 0.15) is 0 Å². The number of hydrogen-bond donors (Lipinski definition) is 1. The van der Waals surface area contributed by atoms with Crippen LogP contribution >= 0.6 is 0 Å². The second kappa shape index (κ2) is 7.15. The van der Waals surface area contributed by atoms with Crippen molar-refractivity contribution in [2.24, 2.45) is 11.7 Å². The zero-order chi connectivity index (χ0) is 17.1. The van der Waals surface area contributed by atoms with Crippen molar-refractivity contribution in [1.29, 1.82) is 0 Å². The minimum absolute atomic E-state index is 0.745. The van der Waals surface area contributed by atoms with Crippen molar-refractivity contribution in [2.45, 2.75) is 19.3 Å². The zero-order valence-electron chi connectivity index (χ0n) is 14.3. The third-order valence-corrected chi connectivity index (χ3v) is 5.00. The van der Waals surface area contributed by atoms with Gasteiger partial charge >= 0.3 is 0 Å². The minimum atomic E-state index is 0.745. The molecule has 0 amide bonds. The Morgan fingerprint density at radius 3 is 2.76 bits per heavy atom. The highest BCUT2D eigenvalue weighted by molar-refractivity contribution is 5.82. The number of fused-ring (bicyclic) bond motifs is 1. The first kappa shape index (κ1) is 16.0. The van der Waals surface area contributed by atoms with E-state index in [0.717, 1.165) is 60.1 Å².